The van der Waals surface area contributed by atoms with Crippen molar-refractivity contribution in [1.82, 2.24) is 10.4 Å². The summed E-state index contributed by atoms with van der Waals surface area (Å²) in [6.07, 6.45) is 1.50. The lowest BCUT2D eigenvalue weighted by molar-refractivity contribution is 0.0959. The molecule has 1 aromatic carbocycles. The van der Waals surface area contributed by atoms with Gasteiger partial charge in [-0.3, -0.25) is 4.79 Å². The van der Waals surface area contributed by atoms with Crippen LogP contribution >= 0.6 is 22.9 Å². The molecule has 1 N–H and O–H groups in total. The van der Waals surface area contributed by atoms with E-state index < -0.39 is 0 Å². The number of amides is 1. The van der Waals surface area contributed by atoms with Crippen molar-refractivity contribution in [3.05, 3.63) is 62.9 Å². The molecule has 0 atom stereocenters. The van der Waals surface area contributed by atoms with Crippen LogP contribution in [-0.2, 0) is 0 Å². The van der Waals surface area contributed by atoms with Gasteiger partial charge in [0.2, 0.25) is 0 Å². The van der Waals surface area contributed by atoms with Crippen LogP contribution in [0.3, 0.4) is 0 Å². The number of carbonyl (C=O) groups is 1. The van der Waals surface area contributed by atoms with E-state index in [0.717, 1.165) is 16.5 Å². The quantitative estimate of drug-likeness (QED) is 0.448. The minimum Gasteiger partial charge on any atom is -0.266 e. The predicted octanol–water partition coefficient (Wildman–Crippen LogP) is 4.02. The lowest BCUT2D eigenvalue weighted by Crippen LogP contribution is -2.16. The number of benzene rings is 1. The van der Waals surface area contributed by atoms with Gasteiger partial charge in [0.1, 0.15) is 5.15 Å². The Morgan fingerprint density at radius 2 is 2.23 bits per heavy atom. The fourth-order valence-corrected chi connectivity index (χ4v) is 2.86. The summed E-state index contributed by atoms with van der Waals surface area (Å²) in [6, 6.07) is 11.4. The largest absolute Gasteiger partial charge is 0.281 e. The highest BCUT2D eigenvalue weighted by Crippen LogP contribution is 2.21. The van der Waals surface area contributed by atoms with Crippen LogP contribution in [0.4, 0.5) is 0 Å². The van der Waals surface area contributed by atoms with Crippen molar-refractivity contribution in [3.63, 3.8) is 0 Å². The molecule has 4 nitrogen and oxygen atoms in total. The Morgan fingerprint density at radius 1 is 1.36 bits per heavy atom. The third-order valence-electron chi connectivity index (χ3n) is 3.14. The molecule has 0 saturated carbocycles. The highest BCUT2D eigenvalue weighted by atomic mass is 35.5. The lowest BCUT2D eigenvalue weighted by Gasteiger charge is -2.04. The normalized spacial score (nSPS) is 11.2. The van der Waals surface area contributed by atoms with Crippen molar-refractivity contribution in [2.75, 3.05) is 0 Å². The fraction of sp³-hybridized carbons (Fsp3) is 0.0625. The highest BCUT2D eigenvalue weighted by Gasteiger charge is 2.06. The van der Waals surface area contributed by atoms with Crippen molar-refractivity contribution >= 4 is 46.0 Å². The monoisotopic (exact) mass is 329 g/mol. The number of fused-ring (bicyclic) bond motifs is 1. The Hall–Kier alpha value is -2.24. The number of carbonyl (C=O) groups excluding carboxylic acids is 1. The molecule has 2 heterocycles. The second-order valence-corrected chi connectivity index (χ2v) is 6.00. The molecule has 0 radical (unpaired) electrons. The van der Waals surface area contributed by atoms with E-state index in [1.165, 1.54) is 17.6 Å². The molecule has 0 aliphatic heterocycles. The lowest BCUT2D eigenvalue weighted by atomic mass is 10.1. The summed E-state index contributed by atoms with van der Waals surface area (Å²) < 4.78 is 0. The number of aryl methyl sites for hydroxylation is 1. The van der Waals surface area contributed by atoms with Crippen molar-refractivity contribution in [1.29, 1.82) is 0 Å². The molecule has 2 aromatic heterocycles. The van der Waals surface area contributed by atoms with E-state index in [0.29, 0.717) is 15.6 Å². The van der Waals surface area contributed by atoms with Gasteiger partial charge in [0, 0.05) is 10.9 Å². The topological polar surface area (TPSA) is 54.4 Å². The van der Waals surface area contributed by atoms with Crippen LogP contribution in [0.25, 0.3) is 10.9 Å². The molecule has 6 heteroatoms. The zero-order valence-corrected chi connectivity index (χ0v) is 13.3. The van der Waals surface area contributed by atoms with Crippen molar-refractivity contribution in [2.45, 2.75) is 6.92 Å². The zero-order chi connectivity index (χ0) is 15.5. The number of hydrazone groups is 1. The number of para-hydroxylation sites is 1. The molecule has 0 fully saturated rings. The Morgan fingerprint density at radius 3 is 3.00 bits per heavy atom. The number of aromatic nitrogens is 1. The molecule has 110 valence electrons. The number of nitrogens with zero attached hydrogens (tertiary/aromatic N) is 2. The summed E-state index contributed by atoms with van der Waals surface area (Å²) in [7, 11) is 0. The number of hydrogen-bond donors (Lipinski definition) is 1. The Balaban J connectivity index is 1.83. The minimum absolute atomic E-state index is 0.244. The number of hydrogen-bond acceptors (Lipinski definition) is 4. The van der Waals surface area contributed by atoms with Gasteiger partial charge in [0.15, 0.2) is 0 Å². The number of rotatable bonds is 3. The third-order valence-corrected chi connectivity index (χ3v) is 4.31. The molecule has 0 saturated heterocycles. The molecular weight excluding hydrogens is 318 g/mol. The summed E-state index contributed by atoms with van der Waals surface area (Å²) >= 11 is 7.54. The minimum atomic E-state index is -0.244. The smallest absolute Gasteiger partial charge is 0.266 e. The first-order valence-corrected chi connectivity index (χ1v) is 7.83. The van der Waals surface area contributed by atoms with Crippen molar-refractivity contribution in [2.24, 2.45) is 5.10 Å². The summed E-state index contributed by atoms with van der Waals surface area (Å²) in [6.45, 7) is 1.99. The molecule has 3 rings (SSSR count). The van der Waals surface area contributed by atoms with Crippen LogP contribution in [0.5, 0.6) is 0 Å². The SMILES string of the molecule is Cc1cccc2cc(/C=N\NC(=O)c3cccs3)c(Cl)nc12. The van der Waals surface area contributed by atoms with E-state index in [4.69, 9.17) is 11.6 Å². The summed E-state index contributed by atoms with van der Waals surface area (Å²) in [5, 5.41) is 7.12. The molecule has 0 aliphatic carbocycles. The van der Waals surface area contributed by atoms with E-state index >= 15 is 0 Å². The highest BCUT2D eigenvalue weighted by molar-refractivity contribution is 7.12. The van der Waals surface area contributed by atoms with Crippen molar-refractivity contribution < 1.29 is 4.79 Å². The molecule has 22 heavy (non-hydrogen) atoms. The van der Waals surface area contributed by atoms with Crippen LogP contribution in [0, 0.1) is 6.92 Å². The Labute approximate surface area is 136 Å². The van der Waals surface area contributed by atoms with Crippen LogP contribution < -0.4 is 5.43 Å². The maximum absolute atomic E-state index is 11.8. The maximum Gasteiger partial charge on any atom is 0.281 e. The number of thiophene rings is 1. The maximum atomic E-state index is 11.8. The number of nitrogens with one attached hydrogen (secondary N) is 1. The molecule has 3 aromatic rings. The fourth-order valence-electron chi connectivity index (χ4n) is 2.05. The third kappa shape index (κ3) is 3.00. The van der Waals surface area contributed by atoms with Crippen LogP contribution in [-0.4, -0.2) is 17.1 Å². The van der Waals surface area contributed by atoms with E-state index in [2.05, 4.69) is 15.5 Å². The van der Waals surface area contributed by atoms with Gasteiger partial charge in [-0.1, -0.05) is 35.9 Å². The van der Waals surface area contributed by atoms with Gasteiger partial charge >= 0.3 is 0 Å². The molecule has 0 spiro atoms. The molecule has 0 aliphatic rings. The average molecular weight is 330 g/mol. The number of halogens is 1. The van der Waals surface area contributed by atoms with Gasteiger partial charge in [0.25, 0.3) is 5.91 Å². The second kappa shape index (κ2) is 6.25. The summed E-state index contributed by atoms with van der Waals surface area (Å²) in [4.78, 5) is 16.8. The molecule has 0 unspecified atom stereocenters. The molecule has 0 bridgehead atoms. The van der Waals surface area contributed by atoms with Crippen molar-refractivity contribution in [3.8, 4) is 0 Å². The Kier molecular flexibility index (Phi) is 4.18. The van der Waals surface area contributed by atoms with Crippen LogP contribution in [0.2, 0.25) is 5.15 Å². The van der Waals surface area contributed by atoms with E-state index in [1.54, 1.807) is 6.07 Å². The van der Waals surface area contributed by atoms with E-state index in [9.17, 15) is 4.79 Å². The van der Waals surface area contributed by atoms with Gasteiger partial charge < -0.3 is 0 Å². The summed E-state index contributed by atoms with van der Waals surface area (Å²) in [5.74, 6) is -0.244. The second-order valence-electron chi connectivity index (χ2n) is 4.69. The number of pyridine rings is 1. The molecule has 1 amide bonds. The average Bonchev–Trinajstić information content (AvgIpc) is 3.03. The summed E-state index contributed by atoms with van der Waals surface area (Å²) in [5.41, 5.74) is 5.06. The van der Waals surface area contributed by atoms with Gasteiger partial charge in [-0.25, -0.2) is 10.4 Å². The van der Waals surface area contributed by atoms with Gasteiger partial charge in [0.05, 0.1) is 16.6 Å². The zero-order valence-electron chi connectivity index (χ0n) is 11.7. The first-order valence-electron chi connectivity index (χ1n) is 6.58. The van der Waals surface area contributed by atoms with Crippen LogP contribution in [0.15, 0.2) is 46.9 Å². The first-order chi connectivity index (χ1) is 10.6. The van der Waals surface area contributed by atoms with Crippen LogP contribution in [0.1, 0.15) is 20.8 Å². The predicted molar refractivity (Wildman–Crippen MR) is 90.9 cm³/mol. The van der Waals surface area contributed by atoms with E-state index in [1.807, 2.05) is 42.6 Å². The van der Waals surface area contributed by atoms with Gasteiger partial charge in [-0.05, 0) is 30.0 Å². The molecular formula is C16H12ClN3OS. The van der Waals surface area contributed by atoms with E-state index in [-0.39, 0.29) is 5.91 Å². The van der Waals surface area contributed by atoms with Gasteiger partial charge in [-0.2, -0.15) is 5.10 Å². The Bertz CT molecular complexity index is 859. The standard InChI is InChI=1S/C16H12ClN3OS/c1-10-4-2-5-11-8-12(15(17)19-14(10)11)9-18-20-16(21)13-6-3-7-22-13/h2-9H,1H3,(H,20,21)/b18-9-. The van der Waals surface area contributed by atoms with Gasteiger partial charge in [-0.15, -0.1) is 11.3 Å². The first kappa shape index (κ1) is 14.7.